The van der Waals surface area contributed by atoms with Crippen LogP contribution in [0.5, 0.6) is 0 Å². The van der Waals surface area contributed by atoms with Gasteiger partial charge in [0.1, 0.15) is 0 Å². The second-order valence-corrected chi connectivity index (χ2v) is 7.62. The van der Waals surface area contributed by atoms with Crippen LogP contribution in [0.15, 0.2) is 18.2 Å². The minimum atomic E-state index is 0. The van der Waals surface area contributed by atoms with Crippen molar-refractivity contribution in [2.75, 3.05) is 47.9 Å². The fourth-order valence-electron chi connectivity index (χ4n) is 2.81. The first-order valence-corrected chi connectivity index (χ1v) is 9.32. The fourth-order valence-corrected chi connectivity index (χ4v) is 3.89. The molecule has 2 aliphatic heterocycles. The van der Waals surface area contributed by atoms with Crippen LogP contribution in [-0.4, -0.2) is 43.6 Å². The largest absolute Gasteiger partial charge is 0.368 e. The Morgan fingerprint density at radius 3 is 2.58 bits per heavy atom. The summed E-state index contributed by atoms with van der Waals surface area (Å²) in [6, 6.07) is 5.78. The Morgan fingerprint density at radius 1 is 1.33 bits per heavy atom. The topological polar surface area (TPSA) is 44.4 Å². The lowest BCUT2D eigenvalue weighted by molar-refractivity contribution is -0.121. The molecule has 2 N–H and O–H groups in total. The van der Waals surface area contributed by atoms with E-state index in [1.165, 1.54) is 0 Å². The number of hydrogen-bond acceptors (Lipinski definition) is 4. The third-order valence-corrected chi connectivity index (χ3v) is 5.68. The molecule has 2 fully saturated rings. The van der Waals surface area contributed by atoms with Gasteiger partial charge in [0.25, 0.3) is 0 Å². The number of amides is 1. The van der Waals surface area contributed by atoms with Gasteiger partial charge in [-0.1, -0.05) is 18.5 Å². The van der Waals surface area contributed by atoms with Crippen LogP contribution < -0.4 is 15.5 Å². The lowest BCUT2D eigenvalue weighted by Gasteiger charge is -2.33. The molecule has 2 aliphatic rings. The quantitative estimate of drug-likeness (QED) is 0.794. The van der Waals surface area contributed by atoms with Gasteiger partial charge in [-0.15, -0.1) is 24.8 Å². The van der Waals surface area contributed by atoms with Crippen LogP contribution in [0.1, 0.15) is 6.92 Å². The molecule has 2 heterocycles. The average Bonchev–Trinajstić information content (AvgIpc) is 2.46. The van der Waals surface area contributed by atoms with Crippen molar-refractivity contribution in [1.82, 2.24) is 5.32 Å². The van der Waals surface area contributed by atoms with Crippen molar-refractivity contribution in [2.24, 2.45) is 11.8 Å². The summed E-state index contributed by atoms with van der Waals surface area (Å²) < 4.78 is 0. The predicted molar refractivity (Wildman–Crippen MR) is 110 cm³/mol. The Bertz CT molecular complexity index is 551. The van der Waals surface area contributed by atoms with E-state index in [2.05, 4.69) is 15.5 Å². The molecule has 24 heavy (non-hydrogen) atoms. The summed E-state index contributed by atoms with van der Waals surface area (Å²) >= 11 is 8.11. The van der Waals surface area contributed by atoms with Crippen molar-refractivity contribution in [3.8, 4) is 0 Å². The van der Waals surface area contributed by atoms with E-state index in [1.807, 2.05) is 36.9 Å². The van der Waals surface area contributed by atoms with E-state index in [0.29, 0.717) is 10.9 Å². The monoisotopic (exact) mass is 411 g/mol. The highest BCUT2D eigenvalue weighted by atomic mass is 35.5. The van der Waals surface area contributed by atoms with Crippen molar-refractivity contribution in [2.45, 2.75) is 6.92 Å². The van der Waals surface area contributed by atoms with E-state index in [4.69, 9.17) is 11.6 Å². The second kappa shape index (κ2) is 9.97. The van der Waals surface area contributed by atoms with Gasteiger partial charge < -0.3 is 15.5 Å². The average molecular weight is 413 g/mol. The van der Waals surface area contributed by atoms with Gasteiger partial charge in [-0.25, -0.2) is 0 Å². The minimum absolute atomic E-state index is 0. The highest BCUT2D eigenvalue weighted by Crippen LogP contribution is 2.31. The molecule has 1 aromatic carbocycles. The van der Waals surface area contributed by atoms with Crippen molar-refractivity contribution < 1.29 is 4.79 Å². The van der Waals surface area contributed by atoms with Gasteiger partial charge in [-0.05, 0) is 37.2 Å². The number of hydrogen-bond donors (Lipinski definition) is 2. The van der Waals surface area contributed by atoms with Crippen molar-refractivity contribution in [1.29, 1.82) is 0 Å². The molecule has 0 spiro atoms. The number of carbonyl (C=O) groups is 1. The number of nitrogens with one attached hydrogen (secondary N) is 2. The maximum Gasteiger partial charge on any atom is 0.227 e. The van der Waals surface area contributed by atoms with E-state index in [0.717, 1.165) is 49.1 Å². The molecular formula is C16H24Cl3N3OS. The Labute approximate surface area is 165 Å². The second-order valence-electron chi connectivity index (χ2n) is 5.96. The molecule has 1 amide bonds. The van der Waals surface area contributed by atoms with Gasteiger partial charge in [0.05, 0.1) is 11.4 Å². The van der Waals surface area contributed by atoms with Crippen LogP contribution in [0.2, 0.25) is 5.02 Å². The summed E-state index contributed by atoms with van der Waals surface area (Å²) in [5.41, 5.74) is 1.92. The number of carbonyl (C=O) groups excluding carboxylic acids is 1. The molecule has 0 aromatic heterocycles. The first-order valence-electron chi connectivity index (χ1n) is 7.79. The number of rotatable bonds is 4. The van der Waals surface area contributed by atoms with E-state index in [-0.39, 0.29) is 36.6 Å². The molecule has 4 nitrogen and oxygen atoms in total. The number of halogens is 3. The van der Waals surface area contributed by atoms with Gasteiger partial charge in [0, 0.05) is 35.5 Å². The Balaban J connectivity index is 0.00000144. The van der Waals surface area contributed by atoms with Gasteiger partial charge in [0.2, 0.25) is 5.91 Å². The number of thioether (sulfide) groups is 1. The Hall–Kier alpha value is -0.330. The lowest BCUT2D eigenvalue weighted by atomic mass is 9.88. The summed E-state index contributed by atoms with van der Waals surface area (Å²) in [6.07, 6.45) is 0. The molecule has 1 atom stereocenters. The Morgan fingerprint density at radius 2 is 2.00 bits per heavy atom. The lowest BCUT2D eigenvalue weighted by Crippen LogP contribution is -2.48. The molecule has 0 bridgehead atoms. The third-order valence-electron chi connectivity index (χ3n) is 4.50. The molecule has 8 heteroatoms. The molecule has 3 rings (SSSR count). The van der Waals surface area contributed by atoms with E-state index in [1.54, 1.807) is 0 Å². The fraction of sp³-hybridized carbons (Fsp3) is 0.562. The standard InChI is InChI=1S/C16H22ClN3OS.2ClH/c1-11(12-9-18-10-12)16(21)19-14-8-13(17)2-3-15(14)20-4-6-22-7-5-20;;/h2-3,8,11-12,18H,4-7,9-10H2,1H3,(H,19,21);2*1H. The van der Waals surface area contributed by atoms with E-state index < -0.39 is 0 Å². The highest BCUT2D eigenvalue weighted by molar-refractivity contribution is 7.99. The minimum Gasteiger partial charge on any atom is -0.368 e. The van der Waals surface area contributed by atoms with Crippen molar-refractivity contribution in [3.63, 3.8) is 0 Å². The van der Waals surface area contributed by atoms with Gasteiger partial charge in [0.15, 0.2) is 0 Å². The third kappa shape index (κ3) is 5.09. The van der Waals surface area contributed by atoms with Crippen molar-refractivity contribution >= 4 is 65.5 Å². The first-order chi connectivity index (χ1) is 10.6. The zero-order valence-electron chi connectivity index (χ0n) is 13.6. The van der Waals surface area contributed by atoms with Crippen LogP contribution in [0.3, 0.4) is 0 Å². The number of anilines is 2. The van der Waals surface area contributed by atoms with Crippen LogP contribution in [-0.2, 0) is 4.79 Å². The van der Waals surface area contributed by atoms with Crippen molar-refractivity contribution in [3.05, 3.63) is 23.2 Å². The van der Waals surface area contributed by atoms with E-state index >= 15 is 0 Å². The maximum atomic E-state index is 12.5. The van der Waals surface area contributed by atoms with Gasteiger partial charge >= 0.3 is 0 Å². The molecule has 0 saturated carbocycles. The summed E-state index contributed by atoms with van der Waals surface area (Å²) in [5.74, 6) is 2.79. The first kappa shape index (κ1) is 21.7. The van der Waals surface area contributed by atoms with Crippen LogP contribution in [0.25, 0.3) is 0 Å². The molecule has 0 aliphatic carbocycles. The molecule has 0 radical (unpaired) electrons. The van der Waals surface area contributed by atoms with E-state index in [9.17, 15) is 4.79 Å². The zero-order valence-corrected chi connectivity index (χ0v) is 16.8. The summed E-state index contributed by atoms with van der Waals surface area (Å²) in [7, 11) is 0. The SMILES string of the molecule is CC(C(=O)Nc1cc(Cl)ccc1N1CCSCC1)C1CNC1.Cl.Cl. The van der Waals surface area contributed by atoms with Crippen LogP contribution >= 0.6 is 48.2 Å². The predicted octanol–water partition coefficient (Wildman–Crippen LogP) is 3.53. The normalized spacial score (nSPS) is 18.7. The Kier molecular flexibility index (Phi) is 9.02. The molecule has 2 saturated heterocycles. The smallest absolute Gasteiger partial charge is 0.227 e. The van der Waals surface area contributed by atoms with Crippen LogP contribution in [0.4, 0.5) is 11.4 Å². The summed E-state index contributed by atoms with van der Waals surface area (Å²) in [5, 5.41) is 6.98. The highest BCUT2D eigenvalue weighted by Gasteiger charge is 2.29. The number of nitrogens with zero attached hydrogens (tertiary/aromatic N) is 1. The maximum absolute atomic E-state index is 12.5. The molecular weight excluding hydrogens is 389 g/mol. The zero-order chi connectivity index (χ0) is 15.5. The van der Waals surface area contributed by atoms with Gasteiger partial charge in [-0.2, -0.15) is 11.8 Å². The molecule has 136 valence electrons. The molecule has 1 aromatic rings. The summed E-state index contributed by atoms with van der Waals surface area (Å²) in [6.45, 7) is 5.89. The molecule has 1 unspecified atom stereocenters. The summed E-state index contributed by atoms with van der Waals surface area (Å²) in [4.78, 5) is 14.8. The van der Waals surface area contributed by atoms with Crippen LogP contribution in [0, 0.1) is 11.8 Å². The number of benzene rings is 1. The van der Waals surface area contributed by atoms with Gasteiger partial charge in [-0.3, -0.25) is 4.79 Å².